The number of hydrogen-bond acceptors (Lipinski definition) is 0. The van der Waals surface area contributed by atoms with Gasteiger partial charge in [0, 0.05) is 27.9 Å². The van der Waals surface area contributed by atoms with E-state index in [1.807, 2.05) is 24.3 Å². The molecule has 0 aromatic heterocycles. The molecule has 0 aliphatic heterocycles. The molecule has 0 fully saturated rings. The molecule has 0 atom stereocenters. The number of halogens is 5. The summed E-state index contributed by atoms with van der Waals surface area (Å²) in [4.78, 5) is 0. The minimum Gasteiger partial charge on any atom is -0.0616 e. The maximum Gasteiger partial charge on any atom is 0.0408 e. The van der Waals surface area contributed by atoms with Crippen LogP contribution >= 0.6 is 79.6 Å². The summed E-state index contributed by atoms with van der Waals surface area (Å²) in [5.74, 6) is 0. The van der Waals surface area contributed by atoms with Crippen LogP contribution in [-0.2, 0) is 0 Å². The summed E-state index contributed by atoms with van der Waals surface area (Å²) in [7, 11) is 0. The smallest absolute Gasteiger partial charge is 0.0408 e. The van der Waals surface area contributed by atoms with E-state index in [1.54, 1.807) is 0 Å². The molecule has 0 aliphatic rings. The highest BCUT2D eigenvalue weighted by atomic mass is 79.9. The lowest BCUT2D eigenvalue weighted by Gasteiger charge is -2.12. The highest BCUT2D eigenvalue weighted by Gasteiger charge is 2.15. The van der Waals surface area contributed by atoms with Gasteiger partial charge in [0.2, 0.25) is 0 Å². The fraction of sp³-hybridized carbons (Fsp3) is 0. The molecule has 0 saturated carbocycles. The van der Waals surface area contributed by atoms with Crippen LogP contribution in [0.1, 0.15) is 0 Å². The van der Waals surface area contributed by atoms with E-state index in [1.165, 1.54) is 0 Å². The lowest BCUT2D eigenvalue weighted by molar-refractivity contribution is 1.47. The first kappa shape index (κ1) is 14.3. The molecule has 0 spiro atoms. The summed E-state index contributed by atoms with van der Waals surface area (Å²) < 4.78 is 5.14. The Morgan fingerprint density at radius 1 is 0.647 bits per heavy atom. The number of benzene rings is 2. The first-order chi connectivity index (χ1) is 8.02. The normalized spacial score (nSPS) is 10.6. The Bertz CT molecular complexity index is 551. The summed E-state index contributed by atoms with van der Waals surface area (Å²) in [6, 6.07) is 10.1. The molecular weight excluding hydrogens is 544 g/mol. The highest BCUT2D eigenvalue weighted by Crippen LogP contribution is 2.45. The lowest BCUT2D eigenvalue weighted by Crippen LogP contribution is -1.86. The van der Waals surface area contributed by atoms with Crippen molar-refractivity contribution in [2.75, 3.05) is 0 Å². The van der Waals surface area contributed by atoms with Crippen molar-refractivity contribution >= 4 is 79.6 Å². The number of hydrogen-bond donors (Lipinski definition) is 0. The molecule has 2 rings (SSSR count). The van der Waals surface area contributed by atoms with E-state index < -0.39 is 0 Å². The molecule has 5 heteroatoms. The van der Waals surface area contributed by atoms with Gasteiger partial charge in [0.25, 0.3) is 0 Å². The third-order valence-corrected chi connectivity index (χ3v) is 6.91. The third-order valence-electron chi connectivity index (χ3n) is 2.25. The highest BCUT2D eigenvalue weighted by molar-refractivity contribution is 9.14. The van der Waals surface area contributed by atoms with Crippen LogP contribution in [0.2, 0.25) is 0 Å². The second-order valence-corrected chi connectivity index (χ2v) is 7.47. The Morgan fingerprint density at radius 2 is 1.18 bits per heavy atom. The molecule has 0 radical (unpaired) electrons. The van der Waals surface area contributed by atoms with Gasteiger partial charge < -0.3 is 0 Å². The van der Waals surface area contributed by atoms with E-state index in [2.05, 4.69) is 85.7 Å². The van der Waals surface area contributed by atoms with Gasteiger partial charge in [0.05, 0.1) is 0 Å². The quantitative estimate of drug-likeness (QED) is 0.332. The van der Waals surface area contributed by atoms with Crippen LogP contribution in [-0.4, -0.2) is 0 Å². The largest absolute Gasteiger partial charge is 0.0616 e. The Hall–Kier alpha value is 0.840. The predicted molar refractivity (Wildman–Crippen MR) is 90.4 cm³/mol. The van der Waals surface area contributed by atoms with Crippen LogP contribution in [0, 0.1) is 0 Å². The van der Waals surface area contributed by atoms with Crippen LogP contribution < -0.4 is 0 Å². The molecule has 0 heterocycles. The van der Waals surface area contributed by atoms with Crippen LogP contribution in [0.3, 0.4) is 0 Å². The molecule has 2 aromatic carbocycles. The summed E-state index contributed by atoms with van der Waals surface area (Å²) in [6.07, 6.45) is 0. The molecule has 2 aromatic rings. The SMILES string of the molecule is Brc1ccccc1-c1c(Br)c(Br)cc(Br)c1Br. The molecule has 88 valence electrons. The Morgan fingerprint density at radius 3 is 1.71 bits per heavy atom. The second kappa shape index (κ2) is 5.87. The average Bonchev–Trinajstić information content (AvgIpc) is 2.29. The van der Waals surface area contributed by atoms with Crippen molar-refractivity contribution in [1.29, 1.82) is 0 Å². The first-order valence-electron chi connectivity index (χ1n) is 4.60. The van der Waals surface area contributed by atoms with E-state index >= 15 is 0 Å². The van der Waals surface area contributed by atoms with E-state index in [4.69, 9.17) is 0 Å². The standard InChI is InChI=1S/C12H5Br5/c13-7-4-2-1-3-6(7)10-11(16)8(14)5-9(15)12(10)17/h1-5H. The monoisotopic (exact) mass is 544 g/mol. The molecule has 0 N–H and O–H groups in total. The molecular formula is C12H5Br5. The topological polar surface area (TPSA) is 0 Å². The summed E-state index contributed by atoms with van der Waals surface area (Å²) >= 11 is 17.9. The zero-order valence-corrected chi connectivity index (χ0v) is 16.2. The molecule has 0 bridgehead atoms. The van der Waals surface area contributed by atoms with Crippen molar-refractivity contribution in [3.05, 3.63) is 52.7 Å². The van der Waals surface area contributed by atoms with Crippen molar-refractivity contribution in [1.82, 2.24) is 0 Å². The Labute approximate surface area is 142 Å². The van der Waals surface area contributed by atoms with Crippen LogP contribution in [0.4, 0.5) is 0 Å². The van der Waals surface area contributed by atoms with Gasteiger partial charge >= 0.3 is 0 Å². The van der Waals surface area contributed by atoms with E-state index in [9.17, 15) is 0 Å². The average molecular weight is 549 g/mol. The minimum absolute atomic E-state index is 1.01. The maximum absolute atomic E-state index is 3.62. The predicted octanol–water partition coefficient (Wildman–Crippen LogP) is 7.17. The third kappa shape index (κ3) is 2.89. The zero-order chi connectivity index (χ0) is 12.6. The minimum atomic E-state index is 1.01. The summed E-state index contributed by atoms with van der Waals surface area (Å²) in [5.41, 5.74) is 2.24. The van der Waals surface area contributed by atoms with Crippen LogP contribution in [0.15, 0.2) is 52.7 Å². The van der Waals surface area contributed by atoms with Gasteiger partial charge in [-0.1, -0.05) is 34.1 Å². The molecule has 0 amide bonds. The van der Waals surface area contributed by atoms with Crippen LogP contribution in [0.5, 0.6) is 0 Å². The molecule has 0 unspecified atom stereocenters. The maximum atomic E-state index is 3.62. The molecule has 17 heavy (non-hydrogen) atoms. The Balaban J connectivity index is 2.80. The van der Waals surface area contributed by atoms with E-state index in [-0.39, 0.29) is 0 Å². The fourth-order valence-corrected chi connectivity index (χ4v) is 4.44. The molecule has 0 saturated heterocycles. The molecule has 0 nitrogen and oxygen atoms in total. The van der Waals surface area contributed by atoms with Crippen molar-refractivity contribution < 1.29 is 0 Å². The van der Waals surface area contributed by atoms with Crippen LogP contribution in [0.25, 0.3) is 11.1 Å². The first-order valence-corrected chi connectivity index (χ1v) is 8.56. The second-order valence-electron chi connectivity index (χ2n) is 3.32. The van der Waals surface area contributed by atoms with Crippen molar-refractivity contribution in [2.45, 2.75) is 0 Å². The van der Waals surface area contributed by atoms with E-state index in [0.29, 0.717) is 0 Å². The Kier molecular flexibility index (Phi) is 4.92. The van der Waals surface area contributed by atoms with Gasteiger partial charge in [0.15, 0.2) is 0 Å². The summed E-state index contributed by atoms with van der Waals surface area (Å²) in [5, 5.41) is 0. The van der Waals surface area contributed by atoms with Crippen molar-refractivity contribution in [2.24, 2.45) is 0 Å². The summed E-state index contributed by atoms with van der Waals surface area (Å²) in [6.45, 7) is 0. The fourth-order valence-electron chi connectivity index (χ4n) is 1.47. The number of rotatable bonds is 1. The zero-order valence-electron chi connectivity index (χ0n) is 8.28. The lowest BCUT2D eigenvalue weighted by atomic mass is 10.1. The van der Waals surface area contributed by atoms with Gasteiger partial charge in [-0.25, -0.2) is 0 Å². The molecule has 0 aliphatic carbocycles. The van der Waals surface area contributed by atoms with Gasteiger partial charge in [-0.3, -0.25) is 0 Å². The van der Waals surface area contributed by atoms with Gasteiger partial charge in [-0.05, 0) is 81.4 Å². The van der Waals surface area contributed by atoms with Crippen molar-refractivity contribution in [3.63, 3.8) is 0 Å². The van der Waals surface area contributed by atoms with Gasteiger partial charge in [-0.15, -0.1) is 0 Å². The van der Waals surface area contributed by atoms with Gasteiger partial charge in [-0.2, -0.15) is 0 Å². The van der Waals surface area contributed by atoms with E-state index in [0.717, 1.165) is 33.5 Å². The van der Waals surface area contributed by atoms with Crippen molar-refractivity contribution in [3.8, 4) is 11.1 Å². The van der Waals surface area contributed by atoms with Gasteiger partial charge in [0.1, 0.15) is 0 Å².